The first-order valence-corrected chi connectivity index (χ1v) is 12.6. The molecule has 9 nitrogen and oxygen atoms in total. The van der Waals surface area contributed by atoms with E-state index in [4.69, 9.17) is 4.74 Å². The highest BCUT2D eigenvalue weighted by atomic mass is 16.5. The Kier molecular flexibility index (Phi) is 7.31. The molecule has 9 heteroatoms. The minimum atomic E-state index is -0.366. The number of nitrogens with zero attached hydrogens (tertiary/aromatic N) is 4. The van der Waals surface area contributed by atoms with Gasteiger partial charge in [-0.15, -0.1) is 0 Å². The number of carbonyl (C=O) groups excluding carboxylic acids is 3. The Labute approximate surface area is 211 Å². The quantitative estimate of drug-likeness (QED) is 0.651. The number of fused-ring (bicyclic) bond motifs is 1. The van der Waals surface area contributed by atoms with Gasteiger partial charge >= 0.3 is 0 Å². The number of hydrogen-bond acceptors (Lipinski definition) is 6. The number of anilines is 1. The highest BCUT2D eigenvalue weighted by Crippen LogP contribution is 2.33. The second-order valence-corrected chi connectivity index (χ2v) is 9.61. The molecule has 3 saturated heterocycles. The molecule has 3 heterocycles. The number of para-hydroxylation sites is 1. The first-order valence-electron chi connectivity index (χ1n) is 12.6. The molecule has 3 atom stereocenters. The summed E-state index contributed by atoms with van der Waals surface area (Å²) >= 11 is 0. The number of hydrogen-bond donors (Lipinski definition) is 1. The summed E-state index contributed by atoms with van der Waals surface area (Å²) in [6, 6.07) is 18.5. The van der Waals surface area contributed by atoms with E-state index in [2.05, 4.69) is 10.3 Å². The van der Waals surface area contributed by atoms with Gasteiger partial charge in [0.2, 0.25) is 11.8 Å². The van der Waals surface area contributed by atoms with Gasteiger partial charge in [0.1, 0.15) is 0 Å². The summed E-state index contributed by atoms with van der Waals surface area (Å²) in [6.45, 7) is 4.33. The Hall–Kier alpha value is -3.27. The first-order chi connectivity index (χ1) is 17.6. The number of amides is 3. The maximum Gasteiger partial charge on any atom is 0.253 e. The molecule has 190 valence electrons. The van der Waals surface area contributed by atoms with Crippen LogP contribution in [0, 0.1) is 11.8 Å². The van der Waals surface area contributed by atoms with Crippen LogP contribution in [0.1, 0.15) is 10.4 Å². The van der Waals surface area contributed by atoms with Crippen LogP contribution in [-0.4, -0.2) is 98.0 Å². The highest BCUT2D eigenvalue weighted by molar-refractivity contribution is 5.98. The molecule has 0 aromatic heterocycles. The van der Waals surface area contributed by atoms with Crippen LogP contribution in [0.15, 0.2) is 60.7 Å². The van der Waals surface area contributed by atoms with Crippen molar-refractivity contribution >= 4 is 23.4 Å². The van der Waals surface area contributed by atoms with Gasteiger partial charge in [-0.1, -0.05) is 36.4 Å². The summed E-state index contributed by atoms with van der Waals surface area (Å²) in [4.78, 5) is 45.9. The number of benzene rings is 2. The molecule has 3 aliphatic rings. The van der Waals surface area contributed by atoms with Crippen LogP contribution in [0.4, 0.5) is 5.69 Å². The number of ether oxygens (including phenoxy) is 1. The van der Waals surface area contributed by atoms with Crippen LogP contribution in [-0.2, 0) is 14.3 Å². The van der Waals surface area contributed by atoms with Crippen molar-refractivity contribution in [2.75, 3.05) is 64.5 Å². The molecular formula is C27H33N5O4. The van der Waals surface area contributed by atoms with Crippen molar-refractivity contribution in [3.05, 3.63) is 66.2 Å². The van der Waals surface area contributed by atoms with Crippen molar-refractivity contribution in [2.45, 2.75) is 6.04 Å². The number of nitrogens with one attached hydrogen (secondary N) is 1. The van der Waals surface area contributed by atoms with Crippen molar-refractivity contribution in [3.8, 4) is 0 Å². The number of piperidine rings is 1. The molecule has 2 aromatic carbocycles. The summed E-state index contributed by atoms with van der Waals surface area (Å²) in [5.74, 6) is -0.661. The molecule has 1 N–H and O–H groups in total. The van der Waals surface area contributed by atoms with Gasteiger partial charge in [0.25, 0.3) is 5.91 Å². The van der Waals surface area contributed by atoms with E-state index in [9.17, 15) is 14.4 Å². The zero-order valence-electron chi connectivity index (χ0n) is 20.6. The van der Waals surface area contributed by atoms with Crippen molar-refractivity contribution < 1.29 is 19.1 Å². The maximum absolute atomic E-state index is 13.8. The zero-order chi connectivity index (χ0) is 25.1. The Bertz CT molecular complexity index is 1070. The lowest BCUT2D eigenvalue weighted by atomic mass is 9.83. The third-order valence-corrected chi connectivity index (χ3v) is 7.44. The van der Waals surface area contributed by atoms with E-state index >= 15 is 0 Å². The van der Waals surface area contributed by atoms with Crippen LogP contribution in [0.2, 0.25) is 0 Å². The third kappa shape index (κ3) is 4.86. The molecule has 0 bridgehead atoms. The Morgan fingerprint density at radius 3 is 2.22 bits per heavy atom. The number of carbonyl (C=O) groups is 3. The molecule has 0 spiro atoms. The molecule has 3 unspecified atom stereocenters. The van der Waals surface area contributed by atoms with Gasteiger partial charge in [-0.3, -0.25) is 19.3 Å². The molecule has 3 fully saturated rings. The van der Waals surface area contributed by atoms with Gasteiger partial charge in [0.15, 0.2) is 0 Å². The van der Waals surface area contributed by atoms with Gasteiger partial charge in [0.05, 0.1) is 30.2 Å². The first kappa shape index (κ1) is 24.4. The predicted molar refractivity (Wildman–Crippen MR) is 135 cm³/mol. The highest BCUT2D eigenvalue weighted by Gasteiger charge is 2.51. The fraction of sp³-hybridized carbons (Fsp3) is 0.444. The van der Waals surface area contributed by atoms with Gasteiger partial charge < -0.3 is 14.5 Å². The lowest BCUT2D eigenvalue weighted by Gasteiger charge is -2.42. The lowest BCUT2D eigenvalue weighted by Crippen LogP contribution is -2.60. The van der Waals surface area contributed by atoms with Crippen LogP contribution in [0.25, 0.3) is 0 Å². The lowest BCUT2D eigenvalue weighted by molar-refractivity contribution is -0.141. The summed E-state index contributed by atoms with van der Waals surface area (Å²) < 4.78 is 5.27. The second kappa shape index (κ2) is 10.8. The summed E-state index contributed by atoms with van der Waals surface area (Å²) in [7, 11) is 1.66. The molecule has 5 rings (SSSR count). The standard InChI is InChI=1S/C27H33N5O4/c1-36-17-16-29-18-22(24-23(19-29)27(35)32(28-24)21-10-6-3-7-11-21)26(34)31-14-12-30(13-15-31)25(33)20-8-4-2-5-9-20/h2-11,22-24,28H,12-19H2,1H3. The van der Waals surface area contributed by atoms with Crippen molar-refractivity contribution in [1.29, 1.82) is 0 Å². The van der Waals surface area contributed by atoms with E-state index in [1.165, 1.54) is 0 Å². The average Bonchev–Trinajstić information content (AvgIpc) is 3.28. The SMILES string of the molecule is COCCN1CC(C(=O)N2CCN(C(=O)c3ccccc3)CC2)C2NN(c3ccccc3)C(=O)C2C1. The van der Waals surface area contributed by atoms with E-state index in [-0.39, 0.29) is 35.6 Å². The second-order valence-electron chi connectivity index (χ2n) is 9.61. The Morgan fingerprint density at radius 1 is 0.917 bits per heavy atom. The van der Waals surface area contributed by atoms with Crippen molar-refractivity contribution in [1.82, 2.24) is 20.1 Å². The minimum absolute atomic E-state index is 0.00673. The molecule has 36 heavy (non-hydrogen) atoms. The van der Waals surface area contributed by atoms with E-state index in [0.29, 0.717) is 58.0 Å². The van der Waals surface area contributed by atoms with Crippen molar-refractivity contribution in [3.63, 3.8) is 0 Å². The topological polar surface area (TPSA) is 85.4 Å². The fourth-order valence-corrected chi connectivity index (χ4v) is 5.47. The van der Waals surface area contributed by atoms with Crippen LogP contribution >= 0.6 is 0 Å². The van der Waals surface area contributed by atoms with E-state index in [1.54, 1.807) is 12.1 Å². The van der Waals surface area contributed by atoms with Gasteiger partial charge in [-0.05, 0) is 24.3 Å². The largest absolute Gasteiger partial charge is 0.383 e. The predicted octanol–water partition coefficient (Wildman–Crippen LogP) is 1.09. The number of hydrazine groups is 1. The van der Waals surface area contributed by atoms with Crippen LogP contribution in [0.3, 0.4) is 0 Å². The molecular weight excluding hydrogens is 458 g/mol. The molecule has 0 aliphatic carbocycles. The molecule has 2 aromatic rings. The summed E-state index contributed by atoms with van der Waals surface area (Å²) in [5.41, 5.74) is 4.81. The number of piperazine rings is 1. The van der Waals surface area contributed by atoms with Crippen molar-refractivity contribution in [2.24, 2.45) is 11.8 Å². The normalized spacial score (nSPS) is 24.6. The smallest absolute Gasteiger partial charge is 0.253 e. The van der Waals surface area contributed by atoms with Crippen LogP contribution in [0.5, 0.6) is 0 Å². The third-order valence-electron chi connectivity index (χ3n) is 7.44. The number of rotatable bonds is 6. The van der Waals surface area contributed by atoms with Gasteiger partial charge in [-0.25, -0.2) is 10.4 Å². The monoisotopic (exact) mass is 491 g/mol. The molecule has 0 saturated carbocycles. The average molecular weight is 492 g/mol. The fourth-order valence-electron chi connectivity index (χ4n) is 5.47. The van der Waals surface area contributed by atoms with Gasteiger partial charge in [0, 0.05) is 58.5 Å². The van der Waals surface area contributed by atoms with Crippen LogP contribution < -0.4 is 10.4 Å². The maximum atomic E-state index is 13.8. The molecule has 3 aliphatic heterocycles. The molecule has 3 amide bonds. The molecule has 0 radical (unpaired) electrons. The zero-order valence-corrected chi connectivity index (χ0v) is 20.6. The van der Waals surface area contributed by atoms with Gasteiger partial charge in [-0.2, -0.15) is 0 Å². The Balaban J connectivity index is 1.29. The number of likely N-dealkylation sites (tertiary alicyclic amines) is 1. The minimum Gasteiger partial charge on any atom is -0.383 e. The summed E-state index contributed by atoms with van der Waals surface area (Å²) in [6.07, 6.45) is 0. The summed E-state index contributed by atoms with van der Waals surface area (Å²) in [5, 5.41) is 1.60. The van der Waals surface area contributed by atoms with E-state index in [0.717, 1.165) is 5.69 Å². The number of methoxy groups -OCH3 is 1. The Morgan fingerprint density at radius 2 is 1.56 bits per heavy atom. The van der Waals surface area contributed by atoms with E-state index < -0.39 is 0 Å². The van der Waals surface area contributed by atoms with E-state index in [1.807, 2.05) is 70.5 Å².